The van der Waals surface area contributed by atoms with Crippen molar-refractivity contribution in [2.45, 2.75) is 26.3 Å². The number of amides is 1. The predicted molar refractivity (Wildman–Crippen MR) is 96.8 cm³/mol. The van der Waals surface area contributed by atoms with Crippen molar-refractivity contribution in [3.63, 3.8) is 0 Å². The highest BCUT2D eigenvalue weighted by Gasteiger charge is 2.22. The number of hydrogen-bond donors (Lipinski definition) is 1. The molecule has 3 rings (SSSR count). The van der Waals surface area contributed by atoms with E-state index in [0.29, 0.717) is 18.4 Å². The molecule has 6 nitrogen and oxygen atoms in total. The second kappa shape index (κ2) is 8.29. The first-order valence-corrected chi connectivity index (χ1v) is 8.51. The third kappa shape index (κ3) is 4.47. The number of carbonyl (C=O) groups excluding carboxylic acids is 1. The Bertz CT molecular complexity index is 844. The van der Waals surface area contributed by atoms with E-state index in [0.717, 1.165) is 16.9 Å². The third-order valence-corrected chi connectivity index (χ3v) is 3.83. The standard InChI is InChI=1S/C20H21N3O3/c1-3-25-17-11-9-15(10-12-17)13-18(24)21-19(16-7-5-4-6-8-16)20-23-22-14(2)26-20/h4-12,19H,3,13H2,1-2H3,(H,21,24). The molecule has 1 amide bonds. The molecule has 0 aliphatic carbocycles. The number of nitrogens with zero attached hydrogens (tertiary/aromatic N) is 2. The fraction of sp³-hybridized carbons (Fsp3) is 0.250. The second-order valence-corrected chi connectivity index (χ2v) is 5.82. The number of nitrogens with one attached hydrogen (secondary N) is 1. The van der Waals surface area contributed by atoms with Crippen LogP contribution in [0.5, 0.6) is 5.75 Å². The fourth-order valence-electron chi connectivity index (χ4n) is 2.63. The average Bonchev–Trinajstić information content (AvgIpc) is 3.08. The van der Waals surface area contributed by atoms with Crippen LogP contribution in [0.2, 0.25) is 0 Å². The molecule has 0 radical (unpaired) electrons. The number of aromatic nitrogens is 2. The molecule has 0 bridgehead atoms. The monoisotopic (exact) mass is 351 g/mol. The van der Waals surface area contributed by atoms with Crippen molar-refractivity contribution in [1.29, 1.82) is 0 Å². The number of rotatable bonds is 7. The SMILES string of the molecule is CCOc1ccc(CC(=O)NC(c2ccccc2)c2nnc(C)o2)cc1. The smallest absolute Gasteiger partial charge is 0.243 e. The molecule has 0 aliphatic heterocycles. The first-order valence-electron chi connectivity index (χ1n) is 8.51. The van der Waals surface area contributed by atoms with Crippen molar-refractivity contribution >= 4 is 5.91 Å². The van der Waals surface area contributed by atoms with Crippen LogP contribution in [0.15, 0.2) is 59.0 Å². The van der Waals surface area contributed by atoms with Crippen LogP contribution in [0, 0.1) is 6.92 Å². The Kier molecular flexibility index (Phi) is 5.63. The van der Waals surface area contributed by atoms with Gasteiger partial charge < -0.3 is 14.5 Å². The molecule has 3 aromatic rings. The van der Waals surface area contributed by atoms with Crippen LogP contribution in [-0.2, 0) is 11.2 Å². The van der Waals surface area contributed by atoms with E-state index in [1.807, 2.05) is 61.5 Å². The Morgan fingerprint density at radius 3 is 2.46 bits per heavy atom. The van der Waals surface area contributed by atoms with Gasteiger partial charge in [-0.25, -0.2) is 0 Å². The first-order chi connectivity index (χ1) is 12.7. The number of aryl methyl sites for hydroxylation is 1. The van der Waals surface area contributed by atoms with Gasteiger partial charge in [0.05, 0.1) is 13.0 Å². The van der Waals surface area contributed by atoms with Gasteiger partial charge >= 0.3 is 0 Å². The first kappa shape index (κ1) is 17.7. The van der Waals surface area contributed by atoms with Crippen LogP contribution in [0.25, 0.3) is 0 Å². The van der Waals surface area contributed by atoms with Gasteiger partial charge in [-0.05, 0) is 30.2 Å². The average molecular weight is 351 g/mol. The molecule has 0 aliphatic rings. The van der Waals surface area contributed by atoms with Gasteiger partial charge in [0.2, 0.25) is 17.7 Å². The summed E-state index contributed by atoms with van der Waals surface area (Å²) in [6.45, 7) is 4.27. The van der Waals surface area contributed by atoms with Crippen LogP contribution in [0.4, 0.5) is 0 Å². The van der Waals surface area contributed by atoms with Crippen molar-refractivity contribution < 1.29 is 13.9 Å². The van der Waals surface area contributed by atoms with Crippen LogP contribution >= 0.6 is 0 Å². The molecule has 1 N–H and O–H groups in total. The van der Waals surface area contributed by atoms with Crippen molar-refractivity contribution in [2.75, 3.05) is 6.61 Å². The molecule has 0 saturated heterocycles. The Morgan fingerprint density at radius 2 is 1.85 bits per heavy atom. The summed E-state index contributed by atoms with van der Waals surface area (Å²) in [5, 5.41) is 10.9. The van der Waals surface area contributed by atoms with E-state index < -0.39 is 6.04 Å². The zero-order valence-corrected chi connectivity index (χ0v) is 14.8. The van der Waals surface area contributed by atoms with Crippen LogP contribution in [0.3, 0.4) is 0 Å². The largest absolute Gasteiger partial charge is 0.494 e. The lowest BCUT2D eigenvalue weighted by Crippen LogP contribution is -2.30. The number of hydrogen-bond acceptors (Lipinski definition) is 5. The molecule has 134 valence electrons. The van der Waals surface area contributed by atoms with Gasteiger partial charge in [0.25, 0.3) is 0 Å². The summed E-state index contributed by atoms with van der Waals surface area (Å²) in [5.74, 6) is 1.49. The predicted octanol–water partition coefficient (Wildman–Crippen LogP) is 3.23. The van der Waals surface area contributed by atoms with Gasteiger partial charge in [-0.2, -0.15) is 0 Å². The highest BCUT2D eigenvalue weighted by Crippen LogP contribution is 2.21. The summed E-state index contributed by atoms with van der Waals surface area (Å²) in [6, 6.07) is 16.6. The summed E-state index contributed by atoms with van der Waals surface area (Å²) in [6.07, 6.45) is 0.253. The van der Waals surface area contributed by atoms with Crippen LogP contribution < -0.4 is 10.1 Å². The maximum absolute atomic E-state index is 12.6. The summed E-state index contributed by atoms with van der Waals surface area (Å²) in [5.41, 5.74) is 1.79. The van der Waals surface area contributed by atoms with Gasteiger partial charge in [0.15, 0.2) is 0 Å². The van der Waals surface area contributed by atoms with E-state index in [-0.39, 0.29) is 12.3 Å². The van der Waals surface area contributed by atoms with Crippen molar-refractivity contribution in [3.8, 4) is 5.75 Å². The Labute approximate surface area is 152 Å². The Balaban J connectivity index is 1.73. The lowest BCUT2D eigenvalue weighted by atomic mass is 10.1. The normalized spacial score (nSPS) is 11.8. The lowest BCUT2D eigenvalue weighted by Gasteiger charge is -2.16. The van der Waals surface area contributed by atoms with E-state index in [2.05, 4.69) is 15.5 Å². The summed E-state index contributed by atoms with van der Waals surface area (Å²) in [7, 11) is 0. The maximum atomic E-state index is 12.6. The molecule has 1 aromatic heterocycles. The molecule has 1 atom stereocenters. The van der Waals surface area contributed by atoms with E-state index >= 15 is 0 Å². The minimum atomic E-state index is -0.479. The van der Waals surface area contributed by atoms with Gasteiger partial charge in [0, 0.05) is 6.92 Å². The molecule has 0 spiro atoms. The zero-order chi connectivity index (χ0) is 18.4. The minimum absolute atomic E-state index is 0.126. The minimum Gasteiger partial charge on any atom is -0.494 e. The molecule has 2 aromatic carbocycles. The molecular weight excluding hydrogens is 330 g/mol. The number of carbonyl (C=O) groups is 1. The van der Waals surface area contributed by atoms with Crippen LogP contribution in [-0.4, -0.2) is 22.7 Å². The zero-order valence-electron chi connectivity index (χ0n) is 14.8. The highest BCUT2D eigenvalue weighted by atomic mass is 16.5. The molecule has 26 heavy (non-hydrogen) atoms. The number of ether oxygens (including phenoxy) is 1. The fourth-order valence-corrected chi connectivity index (χ4v) is 2.63. The molecule has 1 heterocycles. The van der Waals surface area contributed by atoms with Crippen molar-refractivity contribution in [2.24, 2.45) is 0 Å². The molecule has 6 heteroatoms. The molecule has 0 fully saturated rings. The van der Waals surface area contributed by atoms with Crippen molar-refractivity contribution in [3.05, 3.63) is 77.5 Å². The second-order valence-electron chi connectivity index (χ2n) is 5.82. The topological polar surface area (TPSA) is 77.2 Å². The van der Waals surface area contributed by atoms with Gasteiger partial charge in [-0.1, -0.05) is 42.5 Å². The molecule has 1 unspecified atom stereocenters. The third-order valence-electron chi connectivity index (χ3n) is 3.83. The van der Waals surface area contributed by atoms with Gasteiger partial charge in [0.1, 0.15) is 11.8 Å². The Morgan fingerprint density at radius 1 is 1.12 bits per heavy atom. The number of benzene rings is 2. The lowest BCUT2D eigenvalue weighted by molar-refractivity contribution is -0.121. The van der Waals surface area contributed by atoms with Crippen molar-refractivity contribution in [1.82, 2.24) is 15.5 Å². The quantitative estimate of drug-likeness (QED) is 0.707. The summed E-state index contributed by atoms with van der Waals surface area (Å²) >= 11 is 0. The Hall–Kier alpha value is -3.15. The van der Waals surface area contributed by atoms with E-state index in [9.17, 15) is 4.79 Å². The van der Waals surface area contributed by atoms with E-state index in [1.165, 1.54) is 0 Å². The van der Waals surface area contributed by atoms with Crippen LogP contribution in [0.1, 0.15) is 35.9 Å². The molecule has 0 saturated carbocycles. The van der Waals surface area contributed by atoms with Gasteiger partial charge in [-0.15, -0.1) is 10.2 Å². The summed E-state index contributed by atoms with van der Waals surface area (Å²) in [4.78, 5) is 12.6. The molecular formula is C20H21N3O3. The maximum Gasteiger partial charge on any atom is 0.243 e. The highest BCUT2D eigenvalue weighted by molar-refractivity contribution is 5.79. The van der Waals surface area contributed by atoms with E-state index in [1.54, 1.807) is 6.92 Å². The van der Waals surface area contributed by atoms with Gasteiger partial charge in [-0.3, -0.25) is 4.79 Å². The summed E-state index contributed by atoms with van der Waals surface area (Å²) < 4.78 is 11.0. The van der Waals surface area contributed by atoms with E-state index in [4.69, 9.17) is 9.15 Å².